The number of carbonyl (C=O) groups excluding carboxylic acids is 1. The molecule has 1 fully saturated rings. The lowest BCUT2D eigenvalue weighted by molar-refractivity contribution is -0.137. The van der Waals surface area contributed by atoms with Gasteiger partial charge >= 0.3 is 5.97 Å². The summed E-state index contributed by atoms with van der Waals surface area (Å²) < 4.78 is 0. The predicted molar refractivity (Wildman–Crippen MR) is 165 cm³/mol. The zero-order valence-corrected chi connectivity index (χ0v) is 24.3. The third-order valence-electron chi connectivity index (χ3n) is 7.72. The second-order valence-corrected chi connectivity index (χ2v) is 11.1. The second-order valence-electron chi connectivity index (χ2n) is 10.7. The van der Waals surface area contributed by atoms with Crippen LogP contribution in [0.1, 0.15) is 45.6 Å². The van der Waals surface area contributed by atoms with E-state index >= 15 is 0 Å². The lowest BCUT2D eigenvalue weighted by Gasteiger charge is -2.26. The van der Waals surface area contributed by atoms with E-state index < -0.39 is 5.97 Å². The lowest BCUT2D eigenvalue weighted by Crippen LogP contribution is -2.38. The van der Waals surface area contributed by atoms with Crippen molar-refractivity contribution in [1.82, 2.24) is 14.9 Å². The largest absolute Gasteiger partial charge is 0.480 e. The Morgan fingerprint density at radius 2 is 1.55 bits per heavy atom. The van der Waals surface area contributed by atoms with E-state index in [-0.39, 0.29) is 25.0 Å². The van der Waals surface area contributed by atoms with Gasteiger partial charge in [0, 0.05) is 30.4 Å². The molecule has 42 heavy (non-hydrogen) atoms. The average Bonchev–Trinajstić information content (AvgIpc) is 3.48. The molecule has 1 unspecified atom stereocenters. The fraction of sp³-hybridized carbons (Fsp3) is 0.294. The Morgan fingerprint density at radius 1 is 0.881 bits per heavy atom. The topological polar surface area (TPSA) is 86.6 Å². The summed E-state index contributed by atoms with van der Waals surface area (Å²) in [6, 6.07) is 28.0. The molecular weight excluding hydrogens is 548 g/mol. The van der Waals surface area contributed by atoms with E-state index in [1.54, 1.807) is 6.20 Å². The number of aliphatic carboxylic acids is 1. The third-order valence-corrected chi connectivity index (χ3v) is 7.98. The molecule has 1 aliphatic rings. The summed E-state index contributed by atoms with van der Waals surface area (Å²) in [6.45, 7) is 0.733. The minimum atomic E-state index is -1.05. The highest BCUT2D eigenvalue weighted by Crippen LogP contribution is 2.27. The molecule has 5 rings (SSSR count). The third kappa shape index (κ3) is 7.74. The van der Waals surface area contributed by atoms with Crippen molar-refractivity contribution < 1.29 is 14.7 Å². The van der Waals surface area contributed by atoms with Gasteiger partial charge in [-0.2, -0.15) is 0 Å². The van der Waals surface area contributed by atoms with Gasteiger partial charge < -0.3 is 14.9 Å². The maximum absolute atomic E-state index is 13.9. The Balaban J connectivity index is 1.41. The van der Waals surface area contributed by atoms with Gasteiger partial charge in [0.25, 0.3) is 5.91 Å². The van der Waals surface area contributed by atoms with E-state index in [4.69, 9.17) is 16.6 Å². The molecule has 1 atom stereocenters. The highest BCUT2D eigenvalue weighted by atomic mass is 35.5. The zero-order chi connectivity index (χ0) is 29.3. The van der Waals surface area contributed by atoms with Gasteiger partial charge in [0.05, 0.1) is 11.3 Å². The van der Waals surface area contributed by atoms with Crippen molar-refractivity contribution in [2.75, 3.05) is 24.5 Å². The molecule has 7 nitrogen and oxygen atoms in total. The van der Waals surface area contributed by atoms with Crippen LogP contribution in [0, 0.1) is 0 Å². The molecule has 1 amide bonds. The van der Waals surface area contributed by atoms with E-state index in [1.165, 1.54) is 10.5 Å². The van der Waals surface area contributed by atoms with Crippen molar-refractivity contribution >= 4 is 29.4 Å². The molecule has 0 radical (unpaired) electrons. The van der Waals surface area contributed by atoms with E-state index in [0.717, 1.165) is 42.0 Å². The number of benzene rings is 3. The van der Waals surface area contributed by atoms with Crippen molar-refractivity contribution in [3.63, 3.8) is 0 Å². The van der Waals surface area contributed by atoms with E-state index in [1.807, 2.05) is 60.7 Å². The highest BCUT2D eigenvalue weighted by Gasteiger charge is 2.29. The minimum Gasteiger partial charge on any atom is -0.480 e. The molecule has 8 heteroatoms. The molecule has 0 bridgehead atoms. The van der Waals surface area contributed by atoms with E-state index in [9.17, 15) is 14.7 Å². The Kier molecular flexibility index (Phi) is 9.82. The summed E-state index contributed by atoms with van der Waals surface area (Å²) in [5, 5.41) is 10.3. The van der Waals surface area contributed by atoms with Gasteiger partial charge in [-0.25, -0.2) is 9.97 Å². The molecule has 4 aromatic rings. The first-order chi connectivity index (χ1) is 20.5. The van der Waals surface area contributed by atoms with Crippen molar-refractivity contribution in [1.29, 1.82) is 0 Å². The van der Waals surface area contributed by atoms with Crippen LogP contribution in [-0.2, 0) is 30.5 Å². The number of anilines is 1. The van der Waals surface area contributed by atoms with Crippen LogP contribution in [0.5, 0.6) is 0 Å². The maximum Gasteiger partial charge on any atom is 0.323 e. The molecule has 3 aromatic carbocycles. The molecule has 216 valence electrons. The number of halogens is 1. The average molecular weight is 583 g/mol. The number of hydrogen-bond acceptors (Lipinski definition) is 5. The number of nitrogens with zero attached hydrogens (tertiary/aromatic N) is 4. The first-order valence-electron chi connectivity index (χ1n) is 14.4. The van der Waals surface area contributed by atoms with Crippen molar-refractivity contribution in [3.8, 4) is 0 Å². The van der Waals surface area contributed by atoms with Crippen LogP contribution in [0.25, 0.3) is 0 Å². The molecular formula is C34H35ClN4O3. The SMILES string of the molecule is O=C(O)CN(CCc1ccccc1)C(=O)c1cnc(N2CCCC2Cc2ccc(Cl)cc2)nc1CCc1ccccc1. The predicted octanol–water partition coefficient (Wildman–Crippen LogP) is 5.90. The van der Waals surface area contributed by atoms with Gasteiger partial charge in [-0.15, -0.1) is 0 Å². The number of carboxylic acid groups (broad SMARTS) is 1. The number of amides is 1. The van der Waals surface area contributed by atoms with Crippen LogP contribution >= 0.6 is 11.6 Å². The maximum atomic E-state index is 13.9. The summed E-state index contributed by atoms with van der Waals surface area (Å²) in [7, 11) is 0. The Bertz CT molecular complexity index is 1480. The lowest BCUT2D eigenvalue weighted by atomic mass is 10.0. The van der Waals surface area contributed by atoms with E-state index in [0.29, 0.717) is 36.5 Å². The molecule has 1 aromatic heterocycles. The molecule has 1 N–H and O–H groups in total. The van der Waals surface area contributed by atoms with Crippen molar-refractivity contribution in [3.05, 3.63) is 124 Å². The smallest absolute Gasteiger partial charge is 0.323 e. The number of carbonyl (C=O) groups is 2. The van der Waals surface area contributed by atoms with Gasteiger partial charge in [-0.3, -0.25) is 9.59 Å². The Labute approximate surface area is 251 Å². The van der Waals surface area contributed by atoms with Gasteiger partial charge in [-0.1, -0.05) is 84.4 Å². The van der Waals surface area contributed by atoms with E-state index in [2.05, 4.69) is 34.1 Å². The van der Waals surface area contributed by atoms with Crippen molar-refractivity contribution in [2.24, 2.45) is 0 Å². The van der Waals surface area contributed by atoms with Crippen LogP contribution in [0.3, 0.4) is 0 Å². The Morgan fingerprint density at radius 3 is 2.21 bits per heavy atom. The first kappa shape index (κ1) is 29.3. The van der Waals surface area contributed by atoms with Crippen LogP contribution in [0.4, 0.5) is 5.95 Å². The molecule has 0 spiro atoms. The van der Waals surface area contributed by atoms with Crippen LogP contribution < -0.4 is 4.90 Å². The number of aryl methyl sites for hydroxylation is 2. The highest BCUT2D eigenvalue weighted by molar-refractivity contribution is 6.30. The monoisotopic (exact) mass is 582 g/mol. The molecule has 2 heterocycles. The minimum absolute atomic E-state index is 0.240. The first-order valence-corrected chi connectivity index (χ1v) is 14.8. The fourth-order valence-electron chi connectivity index (χ4n) is 5.52. The van der Waals surface area contributed by atoms with Crippen LogP contribution in [0.15, 0.2) is 91.1 Å². The van der Waals surface area contributed by atoms with Gasteiger partial charge in [0.2, 0.25) is 5.95 Å². The number of rotatable bonds is 12. The summed E-state index contributed by atoms with van der Waals surface area (Å²) in [5.74, 6) is -0.802. The summed E-state index contributed by atoms with van der Waals surface area (Å²) in [5.41, 5.74) is 4.38. The van der Waals surface area contributed by atoms with Gasteiger partial charge in [0.1, 0.15) is 6.54 Å². The van der Waals surface area contributed by atoms with Crippen LogP contribution in [0.2, 0.25) is 5.02 Å². The molecule has 1 saturated heterocycles. The molecule has 0 saturated carbocycles. The summed E-state index contributed by atoms with van der Waals surface area (Å²) in [4.78, 5) is 38.9. The normalized spacial score (nSPS) is 14.6. The molecule has 1 aliphatic heterocycles. The van der Waals surface area contributed by atoms with Crippen LogP contribution in [-0.4, -0.2) is 57.5 Å². The fourth-order valence-corrected chi connectivity index (χ4v) is 5.65. The second kappa shape index (κ2) is 14.1. The number of carboxylic acids is 1. The molecule has 0 aliphatic carbocycles. The van der Waals surface area contributed by atoms with Crippen molar-refractivity contribution in [2.45, 2.75) is 44.6 Å². The van der Waals surface area contributed by atoms with Gasteiger partial charge in [0.15, 0.2) is 0 Å². The summed E-state index contributed by atoms with van der Waals surface area (Å²) in [6.07, 6.45) is 6.31. The number of hydrogen-bond donors (Lipinski definition) is 1. The van der Waals surface area contributed by atoms with Gasteiger partial charge in [-0.05, 0) is 67.3 Å². The standard InChI is InChI=1S/C34H35ClN4O3/c35-28-16-13-27(14-17-28)22-29-12-7-20-39(29)34-36-23-30(31(37-34)18-15-25-8-3-1-4-9-25)33(42)38(24-32(40)41)21-19-26-10-5-2-6-11-26/h1-6,8-11,13-14,16-17,23,29H,7,12,15,18-22,24H2,(H,40,41). The Hall–Kier alpha value is -4.23. The number of aromatic nitrogens is 2. The zero-order valence-electron chi connectivity index (χ0n) is 23.5. The quantitative estimate of drug-likeness (QED) is 0.224. The summed E-state index contributed by atoms with van der Waals surface area (Å²) >= 11 is 6.09.